The van der Waals surface area contributed by atoms with Gasteiger partial charge >= 0.3 is 0 Å². The summed E-state index contributed by atoms with van der Waals surface area (Å²) < 4.78 is 11.9. The molecule has 0 spiro atoms. The number of alkyl halides is 3. The van der Waals surface area contributed by atoms with Gasteiger partial charge in [0.15, 0.2) is 5.06 Å². The molecule has 0 radical (unpaired) electrons. The van der Waals surface area contributed by atoms with Crippen molar-refractivity contribution in [1.82, 2.24) is 0 Å². The van der Waals surface area contributed by atoms with Crippen molar-refractivity contribution in [2.24, 2.45) is 0 Å². The van der Waals surface area contributed by atoms with E-state index in [1.807, 2.05) is 30.3 Å². The molecule has 0 heterocycles. The molecule has 1 aliphatic carbocycles. The van der Waals surface area contributed by atoms with E-state index >= 15 is 0 Å². The van der Waals surface area contributed by atoms with Gasteiger partial charge in [0, 0.05) is 35.9 Å². The van der Waals surface area contributed by atoms with Crippen LogP contribution in [0.5, 0.6) is 0 Å². The Morgan fingerprint density at radius 3 is 2.39 bits per heavy atom. The van der Waals surface area contributed by atoms with Gasteiger partial charge in [-0.2, -0.15) is 0 Å². The molecule has 2 nitrogen and oxygen atoms in total. The monoisotopic (exact) mass is 376 g/mol. The summed E-state index contributed by atoms with van der Waals surface area (Å²) in [6.45, 7) is 1.27. The van der Waals surface area contributed by atoms with Crippen LogP contribution in [0.4, 0.5) is 0 Å². The smallest absolute Gasteiger partial charge is 0.171 e. The predicted octanol–water partition coefficient (Wildman–Crippen LogP) is 5.89. The van der Waals surface area contributed by atoms with Gasteiger partial charge in [0.2, 0.25) is 0 Å². The minimum atomic E-state index is -0.814. The van der Waals surface area contributed by atoms with Crippen molar-refractivity contribution in [3.8, 4) is 0 Å². The molecule has 2 rings (SSSR count). The summed E-state index contributed by atoms with van der Waals surface area (Å²) in [6, 6.07) is 8.01. The van der Waals surface area contributed by atoms with Crippen LogP contribution >= 0.6 is 34.8 Å². The van der Waals surface area contributed by atoms with E-state index in [0.717, 1.165) is 42.6 Å². The molecule has 1 unspecified atom stereocenters. The van der Waals surface area contributed by atoms with Crippen molar-refractivity contribution >= 4 is 40.6 Å². The lowest BCUT2D eigenvalue weighted by Gasteiger charge is -2.33. The van der Waals surface area contributed by atoms with Gasteiger partial charge in [0.25, 0.3) is 0 Å². The average Bonchev–Trinajstić information content (AvgIpc) is 2.58. The quantitative estimate of drug-likeness (QED) is 0.373. The standard InChI is InChI=1S/C18H23Cl3O2/c19-11-3-5-13-22-17-9-10-18(21,23-14-6-4-12-20)16-8-2-1-7-15(16)17/h1-2,7-9H,3-6,10-14H2. The summed E-state index contributed by atoms with van der Waals surface area (Å²) >= 11 is 18.2. The van der Waals surface area contributed by atoms with E-state index in [-0.39, 0.29) is 0 Å². The van der Waals surface area contributed by atoms with Gasteiger partial charge in [-0.1, -0.05) is 35.9 Å². The molecule has 0 saturated carbocycles. The number of unbranched alkanes of at least 4 members (excludes halogenated alkanes) is 2. The zero-order valence-electron chi connectivity index (χ0n) is 13.2. The lowest BCUT2D eigenvalue weighted by molar-refractivity contribution is 0.0146. The average molecular weight is 378 g/mol. The third kappa shape index (κ3) is 5.29. The van der Waals surface area contributed by atoms with E-state index in [1.165, 1.54) is 0 Å². The van der Waals surface area contributed by atoms with Gasteiger partial charge in [0.1, 0.15) is 5.76 Å². The van der Waals surface area contributed by atoms with E-state index < -0.39 is 5.06 Å². The Labute approximate surface area is 153 Å². The molecule has 0 N–H and O–H groups in total. The SMILES string of the molecule is ClCCCCOC1=CCC(Cl)(OCCCCCl)c2ccccc21. The van der Waals surface area contributed by atoms with E-state index in [0.29, 0.717) is 31.4 Å². The lowest BCUT2D eigenvalue weighted by atomic mass is 9.92. The van der Waals surface area contributed by atoms with Crippen LogP contribution in [0.3, 0.4) is 0 Å². The van der Waals surface area contributed by atoms with Gasteiger partial charge in [-0.15, -0.1) is 23.2 Å². The fourth-order valence-corrected chi connectivity index (χ4v) is 3.25. The molecule has 1 aromatic rings. The highest BCUT2D eigenvalue weighted by Crippen LogP contribution is 2.43. The first kappa shape index (κ1) is 18.9. The number of hydrogen-bond acceptors (Lipinski definition) is 2. The Bertz CT molecular complexity index is 519. The molecule has 1 aromatic carbocycles. The lowest BCUT2D eigenvalue weighted by Crippen LogP contribution is -2.27. The van der Waals surface area contributed by atoms with E-state index in [2.05, 4.69) is 0 Å². The van der Waals surface area contributed by atoms with E-state index in [9.17, 15) is 0 Å². The minimum Gasteiger partial charge on any atom is -0.493 e. The minimum absolute atomic E-state index is 0.595. The summed E-state index contributed by atoms with van der Waals surface area (Å²) in [5, 5.41) is -0.814. The van der Waals surface area contributed by atoms with Crippen LogP contribution in [0, 0.1) is 0 Å². The summed E-state index contributed by atoms with van der Waals surface area (Å²) in [5.74, 6) is 2.20. The highest BCUT2D eigenvalue weighted by Gasteiger charge is 2.36. The number of rotatable bonds is 10. The zero-order valence-corrected chi connectivity index (χ0v) is 15.5. The molecule has 0 amide bonds. The Morgan fingerprint density at radius 2 is 1.65 bits per heavy atom. The number of fused-ring (bicyclic) bond motifs is 1. The first-order valence-corrected chi connectivity index (χ1v) is 9.53. The Kier molecular flexibility index (Phi) is 8.05. The maximum Gasteiger partial charge on any atom is 0.171 e. The molecule has 5 heteroatoms. The molecular formula is C18H23Cl3O2. The molecular weight excluding hydrogens is 355 g/mol. The van der Waals surface area contributed by atoms with Crippen LogP contribution < -0.4 is 0 Å². The van der Waals surface area contributed by atoms with Gasteiger partial charge in [0.05, 0.1) is 6.61 Å². The van der Waals surface area contributed by atoms with Crippen LogP contribution in [0.25, 0.3) is 5.76 Å². The van der Waals surface area contributed by atoms with Gasteiger partial charge < -0.3 is 9.47 Å². The zero-order chi connectivity index (χ0) is 16.5. The van der Waals surface area contributed by atoms with Crippen LogP contribution in [0.1, 0.15) is 43.2 Å². The molecule has 128 valence electrons. The fraction of sp³-hybridized carbons (Fsp3) is 0.556. The van der Waals surface area contributed by atoms with Crippen LogP contribution in [-0.4, -0.2) is 25.0 Å². The fourth-order valence-electron chi connectivity index (χ4n) is 2.55. The second-order valence-electron chi connectivity index (χ2n) is 5.54. The Balaban J connectivity index is 2.05. The van der Waals surface area contributed by atoms with Crippen LogP contribution in [0.2, 0.25) is 0 Å². The summed E-state index contributed by atoms with van der Waals surface area (Å²) in [5.41, 5.74) is 1.99. The predicted molar refractivity (Wildman–Crippen MR) is 98.4 cm³/mol. The van der Waals surface area contributed by atoms with E-state index in [4.69, 9.17) is 44.3 Å². The number of benzene rings is 1. The second-order valence-corrected chi connectivity index (χ2v) is 6.90. The third-order valence-electron chi connectivity index (χ3n) is 3.79. The Hall–Kier alpha value is -0.410. The summed E-state index contributed by atoms with van der Waals surface area (Å²) in [4.78, 5) is 0. The van der Waals surface area contributed by atoms with Crippen molar-refractivity contribution in [1.29, 1.82) is 0 Å². The molecule has 0 bridgehead atoms. The van der Waals surface area contributed by atoms with Crippen molar-refractivity contribution in [2.75, 3.05) is 25.0 Å². The van der Waals surface area contributed by atoms with Crippen LogP contribution in [0.15, 0.2) is 30.3 Å². The molecule has 0 aliphatic heterocycles. The second kappa shape index (κ2) is 9.78. The summed E-state index contributed by atoms with van der Waals surface area (Å²) in [7, 11) is 0. The molecule has 0 fully saturated rings. The largest absolute Gasteiger partial charge is 0.493 e. The van der Waals surface area contributed by atoms with Crippen molar-refractivity contribution in [2.45, 2.75) is 37.2 Å². The molecule has 0 aromatic heterocycles. The number of hydrogen-bond donors (Lipinski definition) is 0. The van der Waals surface area contributed by atoms with Gasteiger partial charge in [-0.25, -0.2) is 0 Å². The molecule has 1 aliphatic rings. The molecule has 23 heavy (non-hydrogen) atoms. The normalized spacial score (nSPS) is 20.0. The maximum atomic E-state index is 6.76. The Morgan fingerprint density at radius 1 is 0.957 bits per heavy atom. The van der Waals surface area contributed by atoms with Gasteiger partial charge in [-0.05, 0) is 31.8 Å². The highest BCUT2D eigenvalue weighted by molar-refractivity contribution is 6.23. The maximum absolute atomic E-state index is 6.76. The van der Waals surface area contributed by atoms with Crippen molar-refractivity contribution in [3.05, 3.63) is 41.5 Å². The van der Waals surface area contributed by atoms with Crippen molar-refractivity contribution < 1.29 is 9.47 Å². The van der Waals surface area contributed by atoms with E-state index in [1.54, 1.807) is 0 Å². The van der Waals surface area contributed by atoms with Gasteiger partial charge in [-0.3, -0.25) is 0 Å². The topological polar surface area (TPSA) is 18.5 Å². The third-order valence-corrected chi connectivity index (χ3v) is 4.79. The first-order chi connectivity index (χ1) is 11.2. The molecule has 1 atom stereocenters. The molecule has 0 saturated heterocycles. The number of ether oxygens (including phenoxy) is 2. The number of halogens is 3. The van der Waals surface area contributed by atoms with Crippen LogP contribution in [-0.2, 0) is 14.5 Å². The first-order valence-electron chi connectivity index (χ1n) is 8.09. The highest BCUT2D eigenvalue weighted by atomic mass is 35.5. The summed E-state index contributed by atoms with van der Waals surface area (Å²) in [6.07, 6.45) is 6.37. The van der Waals surface area contributed by atoms with Crippen molar-refractivity contribution in [3.63, 3.8) is 0 Å².